The van der Waals surface area contributed by atoms with Crippen LogP contribution in [-0.2, 0) is 13.0 Å². The zero-order chi connectivity index (χ0) is 15.5. The monoisotopic (exact) mass is 298 g/mol. The van der Waals surface area contributed by atoms with Crippen LogP contribution in [0.25, 0.3) is 0 Å². The molecule has 1 aliphatic heterocycles. The number of hydrogen-bond acceptors (Lipinski definition) is 3. The first-order chi connectivity index (χ1) is 10.7. The Morgan fingerprint density at radius 3 is 2.82 bits per heavy atom. The largest absolute Gasteiger partial charge is 0.333 e. The smallest absolute Gasteiger partial charge is 0.274 e. The second-order valence-electron chi connectivity index (χ2n) is 5.82. The second-order valence-corrected chi connectivity index (χ2v) is 5.82. The van der Waals surface area contributed by atoms with E-state index in [2.05, 4.69) is 17.0 Å². The first-order valence-corrected chi connectivity index (χ1v) is 7.94. The molecule has 1 amide bonds. The van der Waals surface area contributed by atoms with E-state index in [1.165, 1.54) is 12.1 Å². The van der Waals surface area contributed by atoms with Crippen molar-refractivity contribution in [3.63, 3.8) is 0 Å². The summed E-state index contributed by atoms with van der Waals surface area (Å²) in [6.07, 6.45) is 7.75. The summed E-state index contributed by atoms with van der Waals surface area (Å²) < 4.78 is 1.98. The van der Waals surface area contributed by atoms with Crippen LogP contribution >= 0.6 is 0 Å². The van der Waals surface area contributed by atoms with Gasteiger partial charge in [-0.1, -0.05) is 6.92 Å². The summed E-state index contributed by atoms with van der Waals surface area (Å²) in [5.74, 6) is -0.00874. The van der Waals surface area contributed by atoms with Gasteiger partial charge in [0.2, 0.25) is 0 Å². The normalized spacial score (nSPS) is 15.2. The maximum atomic E-state index is 12.8. The number of aromatic nitrogens is 3. The summed E-state index contributed by atoms with van der Waals surface area (Å²) >= 11 is 0. The van der Waals surface area contributed by atoms with Crippen LogP contribution in [0.3, 0.4) is 0 Å². The number of carbonyl (C=O) groups is 1. The molecule has 0 fully saturated rings. The lowest BCUT2D eigenvalue weighted by Gasteiger charge is -2.27. The van der Waals surface area contributed by atoms with Crippen molar-refractivity contribution >= 4 is 5.91 Å². The van der Waals surface area contributed by atoms with Gasteiger partial charge in [-0.05, 0) is 49.4 Å². The Bertz CT molecular complexity index is 626. The molecule has 22 heavy (non-hydrogen) atoms. The molecular weight excluding hydrogens is 276 g/mol. The van der Waals surface area contributed by atoms with Gasteiger partial charge in [0.1, 0.15) is 0 Å². The molecule has 5 heteroatoms. The van der Waals surface area contributed by atoms with E-state index in [1.54, 1.807) is 17.3 Å². The zero-order valence-corrected chi connectivity index (χ0v) is 13.2. The van der Waals surface area contributed by atoms with Crippen molar-refractivity contribution in [3.05, 3.63) is 47.5 Å². The number of amides is 1. The Hall–Kier alpha value is -2.17. The number of fused-ring (bicyclic) bond motifs is 1. The Morgan fingerprint density at radius 2 is 2.14 bits per heavy atom. The molecule has 0 spiro atoms. The summed E-state index contributed by atoms with van der Waals surface area (Å²) in [7, 11) is 1.86. The lowest BCUT2D eigenvalue weighted by Crippen LogP contribution is -2.31. The van der Waals surface area contributed by atoms with E-state index >= 15 is 0 Å². The number of nitrogens with zero attached hydrogens (tertiary/aromatic N) is 4. The molecule has 0 radical (unpaired) electrons. The van der Waals surface area contributed by atoms with Crippen molar-refractivity contribution in [1.29, 1.82) is 0 Å². The maximum Gasteiger partial charge on any atom is 0.274 e. The second kappa shape index (κ2) is 6.30. The predicted molar refractivity (Wildman–Crippen MR) is 84.5 cm³/mol. The lowest BCUT2D eigenvalue weighted by atomic mass is 10.0. The van der Waals surface area contributed by atoms with Crippen LogP contribution in [-0.4, -0.2) is 32.6 Å². The van der Waals surface area contributed by atoms with Gasteiger partial charge in [-0.15, -0.1) is 0 Å². The molecule has 1 aliphatic rings. The third-order valence-corrected chi connectivity index (χ3v) is 4.40. The van der Waals surface area contributed by atoms with E-state index in [0.717, 1.165) is 31.4 Å². The van der Waals surface area contributed by atoms with E-state index in [1.807, 2.05) is 29.9 Å². The summed E-state index contributed by atoms with van der Waals surface area (Å²) in [5, 5.41) is 4.50. The van der Waals surface area contributed by atoms with Crippen molar-refractivity contribution in [2.24, 2.45) is 0 Å². The molecule has 3 heterocycles. The van der Waals surface area contributed by atoms with Gasteiger partial charge in [0.25, 0.3) is 5.91 Å². The zero-order valence-electron chi connectivity index (χ0n) is 13.2. The third kappa shape index (κ3) is 2.75. The lowest BCUT2D eigenvalue weighted by molar-refractivity contribution is 0.0719. The average molecular weight is 298 g/mol. The summed E-state index contributed by atoms with van der Waals surface area (Å²) in [5.41, 5.74) is 2.85. The van der Waals surface area contributed by atoms with Crippen LogP contribution < -0.4 is 0 Å². The van der Waals surface area contributed by atoms with Gasteiger partial charge in [-0.25, -0.2) is 0 Å². The fourth-order valence-electron chi connectivity index (χ4n) is 3.16. The Balaban J connectivity index is 1.82. The van der Waals surface area contributed by atoms with Crippen LogP contribution in [0.2, 0.25) is 0 Å². The molecule has 0 bridgehead atoms. The molecule has 0 aliphatic carbocycles. The number of rotatable bonds is 4. The quantitative estimate of drug-likeness (QED) is 0.872. The van der Waals surface area contributed by atoms with Crippen molar-refractivity contribution in [3.8, 4) is 0 Å². The number of carbonyl (C=O) groups excluding carboxylic acids is 1. The van der Waals surface area contributed by atoms with Gasteiger partial charge in [-0.2, -0.15) is 5.10 Å². The van der Waals surface area contributed by atoms with E-state index in [9.17, 15) is 4.79 Å². The van der Waals surface area contributed by atoms with Crippen LogP contribution in [0.15, 0.2) is 30.6 Å². The van der Waals surface area contributed by atoms with Crippen molar-refractivity contribution in [2.45, 2.75) is 45.2 Å². The first kappa shape index (κ1) is 14.8. The third-order valence-electron chi connectivity index (χ3n) is 4.40. The molecule has 5 nitrogen and oxygen atoms in total. The topological polar surface area (TPSA) is 51.0 Å². The highest BCUT2D eigenvalue weighted by Gasteiger charge is 2.24. The summed E-state index contributed by atoms with van der Waals surface area (Å²) in [6, 6.07) is 5.94. The number of aryl methyl sites for hydroxylation is 2. The molecule has 0 aromatic carbocycles. The van der Waals surface area contributed by atoms with Gasteiger partial charge < -0.3 is 4.90 Å². The first-order valence-electron chi connectivity index (χ1n) is 7.94. The van der Waals surface area contributed by atoms with Crippen molar-refractivity contribution in [2.75, 3.05) is 7.05 Å². The SMILES string of the molecule is CC[C@@H](c1ccncc1)N(C)C(=O)c1cc2n(n1)CCCC2. The van der Waals surface area contributed by atoms with Crippen LogP contribution in [0.4, 0.5) is 0 Å². The number of pyridine rings is 1. The van der Waals surface area contributed by atoms with Gasteiger partial charge >= 0.3 is 0 Å². The minimum Gasteiger partial charge on any atom is -0.333 e. The van der Waals surface area contributed by atoms with Crippen molar-refractivity contribution < 1.29 is 4.79 Å². The number of hydrogen-bond donors (Lipinski definition) is 0. The molecule has 116 valence electrons. The van der Waals surface area contributed by atoms with Gasteiger partial charge in [0.05, 0.1) is 6.04 Å². The van der Waals surface area contributed by atoms with E-state index in [4.69, 9.17) is 0 Å². The molecule has 0 saturated heterocycles. The van der Waals surface area contributed by atoms with Crippen molar-refractivity contribution in [1.82, 2.24) is 19.7 Å². The maximum absolute atomic E-state index is 12.8. The van der Waals surface area contributed by atoms with Crippen LogP contribution in [0, 0.1) is 0 Å². The fraction of sp³-hybridized carbons (Fsp3) is 0.471. The minimum atomic E-state index is -0.00874. The molecule has 1 atom stereocenters. The highest BCUT2D eigenvalue weighted by Crippen LogP contribution is 2.24. The highest BCUT2D eigenvalue weighted by molar-refractivity contribution is 5.92. The molecule has 0 N–H and O–H groups in total. The Labute approximate surface area is 131 Å². The highest BCUT2D eigenvalue weighted by atomic mass is 16.2. The van der Waals surface area contributed by atoms with Gasteiger partial charge in [0, 0.05) is 31.7 Å². The molecule has 0 unspecified atom stereocenters. The summed E-state index contributed by atoms with van der Waals surface area (Å²) in [4.78, 5) is 18.6. The Morgan fingerprint density at radius 1 is 1.36 bits per heavy atom. The summed E-state index contributed by atoms with van der Waals surface area (Å²) in [6.45, 7) is 3.01. The molecule has 2 aromatic heterocycles. The molecule has 0 saturated carbocycles. The van der Waals surface area contributed by atoms with Crippen LogP contribution in [0.1, 0.15) is 54.0 Å². The molecule has 3 rings (SSSR count). The minimum absolute atomic E-state index is 0.00874. The Kier molecular flexibility index (Phi) is 4.22. The molecular formula is C17H22N4O. The van der Waals surface area contributed by atoms with E-state index in [-0.39, 0.29) is 11.9 Å². The average Bonchev–Trinajstić information content (AvgIpc) is 2.99. The van der Waals surface area contributed by atoms with Crippen LogP contribution in [0.5, 0.6) is 0 Å². The standard InChI is InChI=1S/C17H22N4O/c1-3-16(13-7-9-18-10-8-13)20(2)17(22)15-12-14-6-4-5-11-21(14)19-15/h7-10,12,16H,3-6,11H2,1-2H3/t16-/m0/s1. The molecule has 2 aromatic rings. The van der Waals surface area contributed by atoms with Gasteiger partial charge in [0.15, 0.2) is 5.69 Å². The van der Waals surface area contributed by atoms with E-state index < -0.39 is 0 Å². The predicted octanol–water partition coefficient (Wildman–Crippen LogP) is 2.84. The van der Waals surface area contributed by atoms with Gasteiger partial charge in [-0.3, -0.25) is 14.5 Å². The fourth-order valence-corrected chi connectivity index (χ4v) is 3.16. The van der Waals surface area contributed by atoms with E-state index in [0.29, 0.717) is 5.69 Å².